The number of nitrogens with zero attached hydrogens (tertiary/aromatic N) is 4. The first-order chi connectivity index (χ1) is 18.7. The van der Waals surface area contributed by atoms with Crippen LogP contribution < -0.4 is 5.32 Å². The van der Waals surface area contributed by atoms with E-state index in [4.69, 9.17) is 23.3 Å². The van der Waals surface area contributed by atoms with Crippen molar-refractivity contribution in [2.75, 3.05) is 18.5 Å². The number of imidazole rings is 1. The molecule has 2 aliphatic heterocycles. The third kappa shape index (κ3) is 5.38. The second-order valence-electron chi connectivity index (χ2n) is 9.24. The lowest BCUT2D eigenvalue weighted by atomic mass is 10.1. The van der Waals surface area contributed by atoms with Crippen molar-refractivity contribution in [2.45, 2.75) is 58.0 Å². The number of nitrogens with one attached hydrogen (secondary N) is 1. The third-order valence-corrected chi connectivity index (χ3v) is 8.00. The van der Waals surface area contributed by atoms with Crippen LogP contribution in [-0.2, 0) is 27.8 Å². The van der Waals surface area contributed by atoms with Crippen LogP contribution in [0.1, 0.15) is 44.3 Å². The lowest BCUT2D eigenvalue weighted by Gasteiger charge is -2.24. The van der Waals surface area contributed by atoms with Crippen molar-refractivity contribution in [1.82, 2.24) is 19.5 Å². The summed E-state index contributed by atoms with van der Waals surface area (Å²) in [5.74, 6) is -1.14. The SMILES string of the molecule is CCOP(=O)(OCC)C(F)=C[C@H]1O[C@@H](n2cnc3c(NC(=O)c4ccccc4)ncnc32)[C@@H]2OC(C)(C)O[C@@H]21. The predicted octanol–water partition coefficient (Wildman–Crippen LogP) is 4.57. The fraction of sp³-hybridized carbons (Fsp3) is 0.440. The number of anilines is 1. The molecule has 0 saturated carbocycles. The van der Waals surface area contributed by atoms with Gasteiger partial charge in [0.1, 0.15) is 24.6 Å². The Morgan fingerprint density at radius 3 is 2.51 bits per heavy atom. The molecule has 0 spiro atoms. The molecule has 1 N–H and O–H groups in total. The van der Waals surface area contributed by atoms with Crippen LogP contribution in [0.4, 0.5) is 10.2 Å². The average molecular weight is 562 g/mol. The van der Waals surface area contributed by atoms with Gasteiger partial charge in [-0.2, -0.15) is 4.39 Å². The number of hydrogen-bond donors (Lipinski definition) is 1. The van der Waals surface area contributed by atoms with Crippen LogP contribution in [0.2, 0.25) is 0 Å². The van der Waals surface area contributed by atoms with E-state index in [-0.39, 0.29) is 24.9 Å². The van der Waals surface area contributed by atoms with Crippen LogP contribution in [0, 0.1) is 0 Å². The Morgan fingerprint density at radius 1 is 1.13 bits per heavy atom. The Hall–Kier alpha value is -3.06. The first kappa shape index (κ1) is 27.5. The van der Waals surface area contributed by atoms with E-state index in [2.05, 4.69) is 20.3 Å². The highest BCUT2D eigenvalue weighted by molar-refractivity contribution is 7.58. The Bertz CT molecular complexity index is 1420. The predicted molar refractivity (Wildman–Crippen MR) is 138 cm³/mol. The molecule has 39 heavy (non-hydrogen) atoms. The van der Waals surface area contributed by atoms with E-state index in [1.807, 2.05) is 6.07 Å². The summed E-state index contributed by atoms with van der Waals surface area (Å²) in [6.45, 7) is 6.64. The molecule has 14 heteroatoms. The van der Waals surface area contributed by atoms with Crippen LogP contribution in [0.3, 0.4) is 0 Å². The zero-order valence-corrected chi connectivity index (χ0v) is 22.7. The lowest BCUT2D eigenvalue weighted by molar-refractivity contribution is -0.191. The maximum absolute atomic E-state index is 15.3. The van der Waals surface area contributed by atoms with Gasteiger partial charge < -0.3 is 28.6 Å². The minimum absolute atomic E-state index is 0.00471. The molecule has 2 fully saturated rings. The van der Waals surface area contributed by atoms with Crippen LogP contribution in [-0.4, -0.2) is 62.7 Å². The monoisotopic (exact) mass is 561 g/mol. The average Bonchev–Trinajstić information content (AvgIpc) is 3.56. The van der Waals surface area contributed by atoms with Crippen molar-refractivity contribution in [3.05, 3.63) is 60.2 Å². The van der Waals surface area contributed by atoms with Gasteiger partial charge in [-0.25, -0.2) is 15.0 Å². The van der Waals surface area contributed by atoms with Gasteiger partial charge in [-0.3, -0.25) is 13.9 Å². The summed E-state index contributed by atoms with van der Waals surface area (Å²) in [5, 5.41) is 2.76. The molecule has 0 aliphatic carbocycles. The minimum atomic E-state index is -4.16. The van der Waals surface area contributed by atoms with Crippen molar-refractivity contribution >= 4 is 30.5 Å². The number of halogens is 1. The molecule has 12 nitrogen and oxygen atoms in total. The number of carbonyl (C=O) groups is 1. The number of fused-ring (bicyclic) bond motifs is 2. The van der Waals surface area contributed by atoms with Gasteiger partial charge in [0, 0.05) is 5.56 Å². The van der Waals surface area contributed by atoms with Crippen LogP contribution >= 0.6 is 7.60 Å². The summed E-state index contributed by atoms with van der Waals surface area (Å²) in [7, 11) is -4.16. The summed E-state index contributed by atoms with van der Waals surface area (Å²) >= 11 is 0. The molecule has 2 aliphatic rings. The van der Waals surface area contributed by atoms with Crippen molar-refractivity contribution < 1.29 is 37.0 Å². The molecule has 4 atom stereocenters. The first-order valence-corrected chi connectivity index (χ1v) is 14.0. The van der Waals surface area contributed by atoms with Gasteiger partial charge in [-0.1, -0.05) is 18.2 Å². The molecular formula is C25H29FN5O7P. The summed E-state index contributed by atoms with van der Waals surface area (Å²) in [4.78, 5) is 25.6. The zero-order valence-electron chi connectivity index (χ0n) is 21.8. The van der Waals surface area contributed by atoms with Crippen LogP contribution in [0.15, 0.2) is 54.6 Å². The molecule has 4 heterocycles. The van der Waals surface area contributed by atoms with Gasteiger partial charge in [0.05, 0.1) is 19.5 Å². The summed E-state index contributed by atoms with van der Waals surface area (Å²) in [6.07, 6.45) is 0.539. The fourth-order valence-electron chi connectivity index (χ4n) is 4.59. The van der Waals surface area contributed by atoms with Gasteiger partial charge in [0.25, 0.3) is 5.91 Å². The summed E-state index contributed by atoms with van der Waals surface area (Å²) < 4.78 is 58.4. The number of rotatable bonds is 9. The second-order valence-corrected chi connectivity index (χ2v) is 11.2. The third-order valence-electron chi connectivity index (χ3n) is 6.13. The van der Waals surface area contributed by atoms with E-state index in [0.29, 0.717) is 16.7 Å². The van der Waals surface area contributed by atoms with Crippen LogP contribution in [0.25, 0.3) is 11.2 Å². The number of benzene rings is 1. The van der Waals surface area contributed by atoms with E-state index in [1.165, 1.54) is 12.7 Å². The normalized spacial score (nSPS) is 24.7. The Kier molecular flexibility index (Phi) is 7.64. The largest absolute Gasteiger partial charge is 0.389 e. The van der Waals surface area contributed by atoms with Crippen molar-refractivity contribution in [1.29, 1.82) is 0 Å². The minimum Gasteiger partial charge on any atom is -0.345 e. The number of hydrogen-bond acceptors (Lipinski definition) is 10. The second kappa shape index (κ2) is 10.8. The van der Waals surface area contributed by atoms with E-state index in [0.717, 1.165) is 6.08 Å². The van der Waals surface area contributed by atoms with E-state index in [1.54, 1.807) is 56.5 Å². The number of amides is 1. The highest BCUT2D eigenvalue weighted by atomic mass is 31.2. The molecule has 1 aromatic carbocycles. The van der Waals surface area contributed by atoms with Gasteiger partial charge >= 0.3 is 7.60 Å². The molecule has 1 amide bonds. The molecule has 2 aromatic heterocycles. The van der Waals surface area contributed by atoms with Gasteiger partial charge in [-0.05, 0) is 45.9 Å². The standard InChI is InChI=1S/C25H29FN5O7P/c1-5-34-39(33,35-6-2)17(26)12-16-19-20(38-25(3,4)37-19)24(36-16)31-14-29-18-21(27-13-28-22(18)31)30-23(32)15-10-8-7-9-11-15/h7-14,16,19-20,24H,5-6H2,1-4H3,(H,27,28,30,32)/t16-,19-,20-,24-/m1/s1. The number of carbonyl (C=O) groups excluding carboxylic acids is 1. The van der Waals surface area contributed by atoms with Gasteiger partial charge in [0.2, 0.25) is 5.57 Å². The van der Waals surface area contributed by atoms with E-state index < -0.39 is 43.5 Å². The quantitative estimate of drug-likeness (QED) is 0.370. The Labute approximate surface area is 224 Å². The number of ether oxygens (including phenoxy) is 3. The molecule has 0 bridgehead atoms. The first-order valence-electron chi connectivity index (χ1n) is 12.5. The maximum atomic E-state index is 15.3. The van der Waals surface area contributed by atoms with Crippen molar-refractivity contribution in [3.63, 3.8) is 0 Å². The summed E-state index contributed by atoms with van der Waals surface area (Å²) in [6, 6.07) is 8.69. The van der Waals surface area contributed by atoms with E-state index >= 15 is 4.39 Å². The fourth-order valence-corrected chi connectivity index (χ4v) is 5.92. The number of aromatic nitrogens is 4. The molecule has 5 rings (SSSR count). The lowest BCUT2D eigenvalue weighted by Crippen LogP contribution is -2.28. The molecule has 2 saturated heterocycles. The van der Waals surface area contributed by atoms with Gasteiger partial charge in [0.15, 0.2) is 29.0 Å². The van der Waals surface area contributed by atoms with Crippen molar-refractivity contribution in [2.24, 2.45) is 0 Å². The zero-order chi connectivity index (χ0) is 27.8. The molecular weight excluding hydrogens is 532 g/mol. The maximum Gasteiger partial charge on any atom is 0.389 e. The molecule has 0 radical (unpaired) electrons. The van der Waals surface area contributed by atoms with Crippen molar-refractivity contribution in [3.8, 4) is 0 Å². The highest BCUT2D eigenvalue weighted by Crippen LogP contribution is 2.57. The van der Waals surface area contributed by atoms with Crippen LogP contribution in [0.5, 0.6) is 0 Å². The Morgan fingerprint density at radius 2 is 1.82 bits per heavy atom. The summed E-state index contributed by atoms with van der Waals surface area (Å²) in [5.41, 5.74) is 0.0531. The molecule has 208 valence electrons. The molecule has 0 unspecified atom stereocenters. The topological polar surface area (TPSA) is 136 Å². The highest BCUT2D eigenvalue weighted by Gasteiger charge is 2.56. The van der Waals surface area contributed by atoms with Gasteiger partial charge in [-0.15, -0.1) is 0 Å². The Balaban J connectivity index is 1.47. The smallest absolute Gasteiger partial charge is 0.345 e. The molecule has 3 aromatic rings. The van der Waals surface area contributed by atoms with E-state index in [9.17, 15) is 9.36 Å².